The third-order valence-corrected chi connectivity index (χ3v) is 0.367. The smallest absolute Gasteiger partial charge is 0.450 e. The van der Waals surface area contributed by atoms with Gasteiger partial charge in [-0.3, -0.25) is 4.89 Å². The molecule has 56 valence electrons. The van der Waals surface area contributed by atoms with E-state index in [1.54, 1.807) is 6.08 Å². The summed E-state index contributed by atoms with van der Waals surface area (Å²) in [5, 5.41) is 17.2. The number of nitrogens with zero attached hydrogens (tertiary/aromatic N) is 1. The van der Waals surface area contributed by atoms with Crippen molar-refractivity contribution in [1.82, 2.24) is 0 Å². The van der Waals surface area contributed by atoms with E-state index in [9.17, 15) is 0 Å². The van der Waals surface area contributed by atoms with Gasteiger partial charge in [0.15, 0.2) is 0 Å². The zero-order chi connectivity index (χ0) is 7.82. The van der Waals surface area contributed by atoms with Crippen molar-refractivity contribution in [2.75, 3.05) is 0 Å². The van der Waals surface area contributed by atoms with Crippen molar-refractivity contribution in [3.63, 3.8) is 0 Å². The minimum absolute atomic E-state index is 1.40. The number of oxime groups is 1. The van der Waals surface area contributed by atoms with Crippen LogP contribution in [-0.4, -0.2) is 22.6 Å². The number of hydrogen-bond donors (Lipinski definition) is 2. The Morgan fingerprint density at radius 1 is 1.50 bits per heavy atom. The first-order valence-corrected chi connectivity index (χ1v) is 2.16. The molecule has 0 saturated carbocycles. The lowest BCUT2D eigenvalue weighted by atomic mass is 10.7. The van der Waals surface area contributed by atoms with Crippen molar-refractivity contribution in [2.45, 2.75) is 0 Å². The minimum Gasteiger partial charge on any atom is -0.450 e. The van der Waals surface area contributed by atoms with Crippen LogP contribution in [0.5, 0.6) is 0 Å². The zero-order valence-corrected chi connectivity index (χ0v) is 4.80. The second-order valence-electron chi connectivity index (χ2n) is 1.04. The van der Waals surface area contributed by atoms with Gasteiger partial charge in [0, 0.05) is 0 Å². The van der Waals surface area contributed by atoms with Crippen LogP contribution in [0, 0.1) is 0 Å². The van der Waals surface area contributed by atoms with Gasteiger partial charge >= 0.3 is 6.16 Å². The molecule has 0 aromatic rings. The molecule has 0 unspecified atom stereocenters. The van der Waals surface area contributed by atoms with Crippen LogP contribution in [0.4, 0.5) is 4.79 Å². The predicted octanol–water partition coefficient (Wildman–Crippen LogP) is 0.670. The first-order chi connectivity index (χ1) is 4.73. The van der Waals surface area contributed by atoms with Crippen LogP contribution < -0.4 is 0 Å². The molecule has 10 heavy (non-hydrogen) atoms. The van der Waals surface area contributed by atoms with Crippen molar-refractivity contribution in [3.8, 4) is 0 Å². The average Bonchev–Trinajstić information content (AvgIpc) is 1.90. The third kappa shape index (κ3) is 9.56. The fourth-order valence-electron chi connectivity index (χ4n) is 0.177. The molecule has 0 aliphatic carbocycles. The first-order valence-electron chi connectivity index (χ1n) is 2.16. The molecule has 0 aromatic carbocycles. The van der Waals surface area contributed by atoms with Crippen LogP contribution in [0.1, 0.15) is 0 Å². The number of carboxylic acid groups (broad SMARTS) is 2. The molecular weight excluding hydrogens is 142 g/mol. The Balaban J connectivity index is 0.000000180. The highest BCUT2D eigenvalue weighted by Gasteiger charge is 1.77. The standard InChI is InChI=1S/C3H3NO2.CH2O3/c1-2-4-6-5-3-1;2-1(3)4/h1-3H;(H2,2,3,4). The predicted molar refractivity (Wildman–Crippen MR) is 30.5 cm³/mol. The second kappa shape index (κ2) is 5.42. The van der Waals surface area contributed by atoms with Gasteiger partial charge in [-0.25, -0.2) is 4.79 Å². The van der Waals surface area contributed by atoms with Crippen molar-refractivity contribution < 1.29 is 24.9 Å². The van der Waals surface area contributed by atoms with Crippen molar-refractivity contribution in [3.05, 3.63) is 12.3 Å². The maximum Gasteiger partial charge on any atom is 0.503 e. The van der Waals surface area contributed by atoms with Crippen LogP contribution in [-0.2, 0) is 9.88 Å². The van der Waals surface area contributed by atoms with E-state index < -0.39 is 6.16 Å². The molecule has 0 saturated heterocycles. The van der Waals surface area contributed by atoms with E-state index in [0.29, 0.717) is 0 Å². The third-order valence-electron chi connectivity index (χ3n) is 0.367. The maximum absolute atomic E-state index is 8.56. The molecule has 6 heteroatoms. The molecule has 6 nitrogen and oxygen atoms in total. The van der Waals surface area contributed by atoms with E-state index in [1.807, 2.05) is 0 Å². The topological polar surface area (TPSA) is 88.4 Å². The van der Waals surface area contributed by atoms with Crippen LogP contribution in [0.3, 0.4) is 0 Å². The fraction of sp³-hybridized carbons (Fsp3) is 0. The zero-order valence-electron chi connectivity index (χ0n) is 4.80. The SMILES string of the molecule is C1=COON=C1.O=C(O)O. The number of allylic oxidation sites excluding steroid dienone is 1. The normalized spacial score (nSPS) is 12.0. The van der Waals surface area contributed by atoms with E-state index >= 15 is 0 Å². The monoisotopic (exact) mass is 147 g/mol. The lowest BCUT2D eigenvalue weighted by Gasteiger charge is -1.92. The van der Waals surface area contributed by atoms with Gasteiger partial charge in [-0.15, -0.1) is 0 Å². The largest absolute Gasteiger partial charge is 0.503 e. The number of carbonyl (C=O) groups is 1. The molecular formula is C4H5NO5. The Labute approximate surface area is 55.9 Å². The summed E-state index contributed by atoms with van der Waals surface area (Å²) in [6, 6.07) is 0. The lowest BCUT2D eigenvalue weighted by Crippen LogP contribution is -1.82. The van der Waals surface area contributed by atoms with Gasteiger partial charge in [-0.05, 0) is 11.2 Å². The Morgan fingerprint density at radius 3 is 2.20 bits per heavy atom. The summed E-state index contributed by atoms with van der Waals surface area (Å²) in [6.45, 7) is 0. The van der Waals surface area contributed by atoms with Gasteiger partial charge in [0.05, 0.1) is 6.21 Å². The van der Waals surface area contributed by atoms with E-state index in [2.05, 4.69) is 15.0 Å². The molecule has 0 atom stereocenters. The van der Waals surface area contributed by atoms with E-state index in [-0.39, 0.29) is 0 Å². The summed E-state index contributed by atoms with van der Waals surface area (Å²) < 4.78 is 0. The number of rotatable bonds is 0. The van der Waals surface area contributed by atoms with Gasteiger partial charge < -0.3 is 10.2 Å². The van der Waals surface area contributed by atoms with Gasteiger partial charge in [-0.1, -0.05) is 0 Å². The Hall–Kier alpha value is -1.72. The quantitative estimate of drug-likeness (QED) is 0.491. The summed E-state index contributed by atoms with van der Waals surface area (Å²) in [6.07, 6.45) is 2.68. The Kier molecular flexibility index (Phi) is 4.49. The molecule has 1 aliphatic rings. The molecule has 0 spiro atoms. The molecule has 1 rings (SSSR count). The molecule has 0 radical (unpaired) electrons. The molecule has 0 bridgehead atoms. The summed E-state index contributed by atoms with van der Waals surface area (Å²) >= 11 is 0. The van der Waals surface area contributed by atoms with Crippen molar-refractivity contribution in [1.29, 1.82) is 0 Å². The summed E-state index contributed by atoms with van der Waals surface area (Å²) in [7, 11) is 0. The maximum atomic E-state index is 8.56. The van der Waals surface area contributed by atoms with E-state index in [4.69, 9.17) is 15.0 Å². The second-order valence-corrected chi connectivity index (χ2v) is 1.04. The highest BCUT2D eigenvalue weighted by atomic mass is 17.3. The molecule has 0 amide bonds. The Morgan fingerprint density at radius 2 is 2.10 bits per heavy atom. The fourth-order valence-corrected chi connectivity index (χ4v) is 0.177. The van der Waals surface area contributed by atoms with Crippen LogP contribution in [0.15, 0.2) is 17.5 Å². The molecule has 0 aromatic heterocycles. The summed E-state index contributed by atoms with van der Waals surface area (Å²) in [5.74, 6) is 0. The van der Waals surface area contributed by atoms with Crippen LogP contribution >= 0.6 is 0 Å². The van der Waals surface area contributed by atoms with Gasteiger partial charge in [0.25, 0.3) is 0 Å². The molecule has 0 fully saturated rings. The van der Waals surface area contributed by atoms with Gasteiger partial charge in [0.2, 0.25) is 0 Å². The highest BCUT2D eigenvalue weighted by molar-refractivity contribution is 5.70. The summed E-state index contributed by atoms with van der Waals surface area (Å²) in [4.78, 5) is 16.8. The van der Waals surface area contributed by atoms with Gasteiger partial charge in [0.1, 0.15) is 6.26 Å². The lowest BCUT2D eigenvalue weighted by molar-refractivity contribution is -0.251. The van der Waals surface area contributed by atoms with Crippen molar-refractivity contribution >= 4 is 12.4 Å². The van der Waals surface area contributed by atoms with E-state index in [1.165, 1.54) is 12.5 Å². The molecule has 1 aliphatic heterocycles. The van der Waals surface area contributed by atoms with Crippen LogP contribution in [0.25, 0.3) is 0 Å². The average molecular weight is 147 g/mol. The van der Waals surface area contributed by atoms with Crippen molar-refractivity contribution in [2.24, 2.45) is 5.16 Å². The molecule has 2 N–H and O–H groups in total. The number of hydrogen-bond acceptors (Lipinski definition) is 4. The van der Waals surface area contributed by atoms with Crippen LogP contribution in [0.2, 0.25) is 0 Å². The first kappa shape index (κ1) is 8.28. The Bertz CT molecular complexity index is 136. The highest BCUT2D eigenvalue weighted by Crippen LogP contribution is 1.84. The van der Waals surface area contributed by atoms with E-state index in [0.717, 1.165) is 0 Å². The summed E-state index contributed by atoms with van der Waals surface area (Å²) in [5.41, 5.74) is 0. The minimum atomic E-state index is -1.83. The molecule has 1 heterocycles. The van der Waals surface area contributed by atoms with Gasteiger partial charge in [-0.2, -0.15) is 4.99 Å².